The van der Waals surface area contributed by atoms with Crippen LogP contribution in [0.2, 0.25) is 0 Å². The molecule has 9 nitrogen and oxygen atoms in total. The molecule has 2 aliphatic rings. The molecule has 1 saturated heterocycles. The average Bonchev–Trinajstić information content (AvgIpc) is 2.88. The first-order valence-corrected chi connectivity index (χ1v) is 12.8. The molecule has 3 aromatic rings. The van der Waals surface area contributed by atoms with E-state index in [0.29, 0.717) is 24.1 Å². The first kappa shape index (κ1) is 24.8. The Bertz CT molecular complexity index is 1280. The summed E-state index contributed by atoms with van der Waals surface area (Å²) in [6.45, 7) is 12.3. The molecule has 5 rings (SSSR count). The molecule has 1 amide bonds. The number of aryl methyl sites for hydroxylation is 1. The third-order valence-corrected chi connectivity index (χ3v) is 6.92. The van der Waals surface area contributed by atoms with Crippen molar-refractivity contribution in [3.63, 3.8) is 0 Å². The van der Waals surface area contributed by atoms with Crippen molar-refractivity contribution in [2.45, 2.75) is 33.3 Å². The van der Waals surface area contributed by atoms with Crippen LogP contribution in [-0.2, 0) is 4.79 Å². The van der Waals surface area contributed by atoms with Crippen LogP contribution in [-0.4, -0.2) is 66.1 Å². The molecule has 0 saturated carbocycles. The van der Waals surface area contributed by atoms with Gasteiger partial charge in [0.25, 0.3) is 5.91 Å². The summed E-state index contributed by atoms with van der Waals surface area (Å²) in [6, 6.07) is 14.2. The summed E-state index contributed by atoms with van der Waals surface area (Å²) in [5.41, 5.74) is 3.75. The van der Waals surface area contributed by atoms with Gasteiger partial charge in [0.2, 0.25) is 5.95 Å². The van der Waals surface area contributed by atoms with E-state index in [2.05, 4.69) is 56.7 Å². The van der Waals surface area contributed by atoms with Crippen molar-refractivity contribution in [1.29, 1.82) is 0 Å². The van der Waals surface area contributed by atoms with Gasteiger partial charge in [0.1, 0.15) is 11.6 Å². The molecule has 0 spiro atoms. The van der Waals surface area contributed by atoms with E-state index < -0.39 is 5.60 Å². The molecule has 0 unspecified atom stereocenters. The highest BCUT2D eigenvalue weighted by Crippen LogP contribution is 2.40. The van der Waals surface area contributed by atoms with E-state index in [1.54, 1.807) is 24.9 Å². The number of nitrogens with zero attached hydrogens (tertiary/aromatic N) is 5. The number of amides is 1. The second kappa shape index (κ2) is 9.89. The fourth-order valence-corrected chi connectivity index (χ4v) is 4.67. The lowest BCUT2D eigenvalue weighted by Gasteiger charge is -2.38. The van der Waals surface area contributed by atoms with E-state index in [0.717, 1.165) is 48.8 Å². The number of carbonyl (C=O) groups excluding carboxylic acids is 1. The zero-order valence-corrected chi connectivity index (χ0v) is 22.2. The number of carbonyl (C=O) groups is 1. The molecule has 2 aromatic carbocycles. The third-order valence-electron chi connectivity index (χ3n) is 6.92. The minimum Gasteiger partial charge on any atom is -0.476 e. The molecule has 0 atom stereocenters. The zero-order valence-electron chi connectivity index (χ0n) is 22.2. The van der Waals surface area contributed by atoms with E-state index in [1.807, 2.05) is 32.0 Å². The number of hydrogen-bond acceptors (Lipinski definition) is 8. The highest BCUT2D eigenvalue weighted by Gasteiger charge is 2.40. The maximum atomic E-state index is 12.9. The first-order chi connectivity index (χ1) is 17.7. The van der Waals surface area contributed by atoms with E-state index in [1.165, 1.54) is 5.69 Å². The maximum Gasteiger partial charge on any atom is 0.270 e. The highest BCUT2D eigenvalue weighted by atomic mass is 16.5. The number of anilines is 6. The average molecular weight is 502 g/mol. The van der Waals surface area contributed by atoms with Crippen molar-refractivity contribution in [1.82, 2.24) is 14.9 Å². The fraction of sp³-hybridized carbons (Fsp3) is 0.393. The molecule has 0 bridgehead atoms. The topological polar surface area (TPSA) is 85.9 Å². The summed E-state index contributed by atoms with van der Waals surface area (Å²) in [7, 11) is 2.16. The normalized spacial score (nSPS) is 17.3. The lowest BCUT2D eigenvalue weighted by atomic mass is 10.0. The molecular weight excluding hydrogens is 466 g/mol. The molecule has 37 heavy (non-hydrogen) atoms. The standard InChI is InChI=1S/C28H35N7O2/c1-6-35-23-17-21(9-12-24(23)37-28(3,4)26(35)36)30-25-19(2)18-29-27(32-25)31-20-7-10-22(11-8-20)34-15-13-33(5)14-16-34/h7-12,17-18H,6,13-16H2,1-5H3,(H2,29,30,31,32). The number of ether oxygens (including phenoxy) is 1. The van der Waals surface area contributed by atoms with Crippen LogP contribution in [0, 0.1) is 6.92 Å². The van der Waals surface area contributed by atoms with Crippen LogP contribution in [0.4, 0.5) is 34.5 Å². The summed E-state index contributed by atoms with van der Waals surface area (Å²) < 4.78 is 5.97. The van der Waals surface area contributed by atoms with Gasteiger partial charge in [-0.1, -0.05) is 0 Å². The first-order valence-electron chi connectivity index (χ1n) is 12.8. The molecule has 3 heterocycles. The maximum absolute atomic E-state index is 12.9. The highest BCUT2D eigenvalue weighted by molar-refractivity contribution is 6.02. The number of hydrogen-bond donors (Lipinski definition) is 2. The molecule has 0 aliphatic carbocycles. The summed E-state index contributed by atoms with van der Waals surface area (Å²) in [6.07, 6.45) is 1.79. The van der Waals surface area contributed by atoms with E-state index in [9.17, 15) is 4.79 Å². The number of aromatic nitrogens is 2. The number of nitrogens with one attached hydrogen (secondary N) is 2. The number of likely N-dealkylation sites (N-methyl/N-ethyl adjacent to an activating group) is 2. The van der Waals surface area contributed by atoms with Gasteiger partial charge < -0.3 is 30.1 Å². The Balaban J connectivity index is 1.31. The molecule has 9 heteroatoms. The Morgan fingerprint density at radius 3 is 2.41 bits per heavy atom. The largest absolute Gasteiger partial charge is 0.476 e. The van der Waals surface area contributed by atoms with Crippen molar-refractivity contribution >= 4 is 40.4 Å². The van der Waals surface area contributed by atoms with Gasteiger partial charge in [-0.2, -0.15) is 4.98 Å². The van der Waals surface area contributed by atoms with Crippen molar-refractivity contribution in [3.05, 3.63) is 54.2 Å². The SMILES string of the molecule is CCN1C(=O)C(C)(C)Oc2ccc(Nc3nc(Nc4ccc(N5CCN(C)CC5)cc4)ncc3C)cc21. The molecular formula is C28H35N7O2. The zero-order chi connectivity index (χ0) is 26.2. The number of fused-ring (bicyclic) bond motifs is 1. The van der Waals surface area contributed by atoms with Gasteiger partial charge in [-0.25, -0.2) is 4.98 Å². The van der Waals surface area contributed by atoms with Crippen LogP contribution in [0.3, 0.4) is 0 Å². The van der Waals surface area contributed by atoms with Gasteiger partial charge in [-0.3, -0.25) is 4.79 Å². The lowest BCUT2D eigenvalue weighted by molar-refractivity contribution is -0.132. The fourth-order valence-electron chi connectivity index (χ4n) is 4.67. The Morgan fingerprint density at radius 2 is 1.70 bits per heavy atom. The van der Waals surface area contributed by atoms with Gasteiger partial charge in [0.05, 0.1) is 5.69 Å². The van der Waals surface area contributed by atoms with E-state index in [-0.39, 0.29) is 5.91 Å². The molecule has 194 valence electrons. The lowest BCUT2D eigenvalue weighted by Crippen LogP contribution is -2.52. The minimum atomic E-state index is -0.884. The quantitative estimate of drug-likeness (QED) is 0.509. The monoisotopic (exact) mass is 501 g/mol. The van der Waals surface area contributed by atoms with Gasteiger partial charge >= 0.3 is 0 Å². The smallest absolute Gasteiger partial charge is 0.270 e. The van der Waals surface area contributed by atoms with Crippen molar-refractivity contribution in [2.24, 2.45) is 0 Å². The van der Waals surface area contributed by atoms with Crippen LogP contribution in [0.25, 0.3) is 0 Å². The van der Waals surface area contributed by atoms with Crippen LogP contribution in [0.15, 0.2) is 48.7 Å². The van der Waals surface area contributed by atoms with E-state index in [4.69, 9.17) is 9.72 Å². The van der Waals surface area contributed by atoms with Crippen LogP contribution in [0.1, 0.15) is 26.3 Å². The third kappa shape index (κ3) is 5.17. The number of benzene rings is 2. The number of piperazine rings is 1. The Morgan fingerprint density at radius 1 is 1.00 bits per heavy atom. The summed E-state index contributed by atoms with van der Waals surface area (Å²) in [5.74, 6) is 1.84. The van der Waals surface area contributed by atoms with Crippen molar-refractivity contribution in [2.75, 3.05) is 60.2 Å². The molecule has 2 aliphatic heterocycles. The second-order valence-corrected chi connectivity index (χ2v) is 10.2. The van der Waals surface area contributed by atoms with Crippen LogP contribution < -0.4 is 25.2 Å². The van der Waals surface area contributed by atoms with Crippen LogP contribution in [0.5, 0.6) is 5.75 Å². The predicted molar refractivity (Wildman–Crippen MR) is 149 cm³/mol. The van der Waals surface area contributed by atoms with Crippen molar-refractivity contribution < 1.29 is 9.53 Å². The molecule has 2 N–H and O–H groups in total. The summed E-state index contributed by atoms with van der Waals surface area (Å²) in [4.78, 5) is 28.6. The van der Waals surface area contributed by atoms with Gasteiger partial charge in [0.15, 0.2) is 5.60 Å². The van der Waals surface area contributed by atoms with Gasteiger partial charge in [0, 0.05) is 61.5 Å². The number of rotatable bonds is 6. The van der Waals surface area contributed by atoms with Crippen LogP contribution >= 0.6 is 0 Å². The molecule has 1 aromatic heterocycles. The van der Waals surface area contributed by atoms with Gasteiger partial charge in [-0.15, -0.1) is 0 Å². The summed E-state index contributed by atoms with van der Waals surface area (Å²) >= 11 is 0. The Labute approximate surface area is 218 Å². The Hall–Kier alpha value is -3.85. The second-order valence-electron chi connectivity index (χ2n) is 10.2. The molecule has 0 radical (unpaired) electrons. The molecule has 1 fully saturated rings. The summed E-state index contributed by atoms with van der Waals surface area (Å²) in [5, 5.41) is 6.70. The van der Waals surface area contributed by atoms with Crippen molar-refractivity contribution in [3.8, 4) is 5.75 Å². The Kier molecular flexibility index (Phi) is 6.64. The van der Waals surface area contributed by atoms with Gasteiger partial charge in [-0.05, 0) is 77.2 Å². The van der Waals surface area contributed by atoms with E-state index >= 15 is 0 Å². The minimum absolute atomic E-state index is 0.0528. The predicted octanol–water partition coefficient (Wildman–Crippen LogP) is 4.55.